The molecule has 110 valence electrons. The van der Waals surface area contributed by atoms with E-state index in [0.717, 1.165) is 12.8 Å². The van der Waals surface area contributed by atoms with Crippen LogP contribution in [0.25, 0.3) is 0 Å². The fourth-order valence-corrected chi connectivity index (χ4v) is 3.49. The average molecular weight is 287 g/mol. The van der Waals surface area contributed by atoms with Crippen LogP contribution in [0.1, 0.15) is 46.0 Å². The van der Waals surface area contributed by atoms with Crippen LogP contribution in [0.4, 0.5) is 0 Å². The van der Waals surface area contributed by atoms with E-state index in [1.165, 1.54) is 6.42 Å². The minimum Gasteiger partial charge on any atom is -0.409 e. The van der Waals surface area contributed by atoms with Gasteiger partial charge in [-0.25, -0.2) is 0 Å². The largest absolute Gasteiger partial charge is 0.409 e. The molecule has 0 aromatic rings. The van der Waals surface area contributed by atoms with Gasteiger partial charge in [0.1, 0.15) is 5.41 Å². The zero-order valence-electron chi connectivity index (χ0n) is 12.0. The SMILES string of the molecule is CCC(CC)(C(=O)NCC1(SC)CCC1)C(N)=NO. The van der Waals surface area contributed by atoms with Gasteiger partial charge in [0, 0.05) is 11.3 Å². The van der Waals surface area contributed by atoms with Crippen LogP contribution in [0.2, 0.25) is 0 Å². The molecular formula is C13H25N3O2S. The first-order valence-electron chi connectivity index (χ1n) is 6.81. The summed E-state index contributed by atoms with van der Waals surface area (Å²) in [6.07, 6.45) is 6.65. The fourth-order valence-electron chi connectivity index (χ4n) is 2.58. The van der Waals surface area contributed by atoms with Crippen LogP contribution in [0.3, 0.4) is 0 Å². The van der Waals surface area contributed by atoms with Gasteiger partial charge >= 0.3 is 0 Å². The normalized spacial score (nSPS) is 18.8. The molecule has 1 rings (SSSR count). The first-order valence-corrected chi connectivity index (χ1v) is 8.04. The highest BCUT2D eigenvalue weighted by molar-refractivity contribution is 8.00. The highest BCUT2D eigenvalue weighted by Crippen LogP contribution is 2.42. The van der Waals surface area contributed by atoms with Crippen LogP contribution in [0.15, 0.2) is 5.16 Å². The van der Waals surface area contributed by atoms with Gasteiger partial charge in [-0.15, -0.1) is 0 Å². The Kier molecular flexibility index (Phi) is 5.52. The second-order valence-corrected chi connectivity index (χ2v) is 6.47. The van der Waals surface area contributed by atoms with Gasteiger partial charge in [-0.2, -0.15) is 11.8 Å². The van der Waals surface area contributed by atoms with Gasteiger partial charge in [-0.1, -0.05) is 25.4 Å². The van der Waals surface area contributed by atoms with E-state index in [1.807, 2.05) is 25.6 Å². The lowest BCUT2D eigenvalue weighted by Crippen LogP contribution is -2.53. The van der Waals surface area contributed by atoms with Crippen molar-refractivity contribution in [1.29, 1.82) is 0 Å². The molecule has 0 atom stereocenters. The number of oxime groups is 1. The van der Waals surface area contributed by atoms with Crippen molar-refractivity contribution in [3.63, 3.8) is 0 Å². The molecule has 0 aromatic carbocycles. The molecule has 0 radical (unpaired) electrons. The third kappa shape index (κ3) is 2.99. The first kappa shape index (κ1) is 16.1. The molecule has 0 saturated heterocycles. The van der Waals surface area contributed by atoms with Crippen molar-refractivity contribution in [2.24, 2.45) is 16.3 Å². The quantitative estimate of drug-likeness (QED) is 0.289. The molecule has 0 bridgehead atoms. The molecule has 1 fully saturated rings. The topological polar surface area (TPSA) is 87.7 Å². The van der Waals surface area contributed by atoms with Gasteiger partial charge < -0.3 is 16.3 Å². The smallest absolute Gasteiger partial charge is 0.233 e. The van der Waals surface area contributed by atoms with E-state index in [2.05, 4.69) is 16.7 Å². The molecule has 1 aliphatic carbocycles. The van der Waals surface area contributed by atoms with Gasteiger partial charge in [0.05, 0.1) is 0 Å². The molecule has 1 amide bonds. The monoisotopic (exact) mass is 287 g/mol. The number of nitrogens with two attached hydrogens (primary N) is 1. The fraction of sp³-hybridized carbons (Fsp3) is 0.846. The lowest BCUT2D eigenvalue weighted by molar-refractivity contribution is -0.128. The minimum atomic E-state index is -0.891. The molecule has 1 saturated carbocycles. The Bertz CT molecular complexity index is 344. The Balaban J connectivity index is 2.73. The minimum absolute atomic E-state index is 0.00168. The number of thioether (sulfide) groups is 1. The zero-order valence-corrected chi connectivity index (χ0v) is 12.8. The number of hydrogen-bond acceptors (Lipinski definition) is 4. The van der Waals surface area contributed by atoms with Crippen LogP contribution in [0.5, 0.6) is 0 Å². The molecule has 4 N–H and O–H groups in total. The van der Waals surface area contributed by atoms with Crippen molar-refractivity contribution >= 4 is 23.5 Å². The predicted octanol–water partition coefficient (Wildman–Crippen LogP) is 1.94. The van der Waals surface area contributed by atoms with E-state index in [0.29, 0.717) is 19.4 Å². The number of nitrogens with zero attached hydrogens (tertiary/aromatic N) is 1. The summed E-state index contributed by atoms with van der Waals surface area (Å²) in [6, 6.07) is 0. The van der Waals surface area contributed by atoms with E-state index in [9.17, 15) is 4.79 Å². The lowest BCUT2D eigenvalue weighted by atomic mass is 9.79. The molecule has 5 nitrogen and oxygen atoms in total. The van der Waals surface area contributed by atoms with Crippen LogP contribution in [0, 0.1) is 5.41 Å². The van der Waals surface area contributed by atoms with Crippen LogP contribution >= 0.6 is 11.8 Å². The number of carbonyl (C=O) groups excluding carboxylic acids is 1. The van der Waals surface area contributed by atoms with Crippen molar-refractivity contribution in [3.05, 3.63) is 0 Å². The van der Waals surface area contributed by atoms with Gasteiger partial charge in [0.25, 0.3) is 0 Å². The molecule has 1 aliphatic rings. The summed E-state index contributed by atoms with van der Waals surface area (Å²) in [5, 5.41) is 14.9. The van der Waals surface area contributed by atoms with Crippen molar-refractivity contribution in [2.45, 2.75) is 50.7 Å². The van der Waals surface area contributed by atoms with Gasteiger partial charge in [0.2, 0.25) is 5.91 Å². The van der Waals surface area contributed by atoms with E-state index < -0.39 is 5.41 Å². The maximum absolute atomic E-state index is 12.4. The second-order valence-electron chi connectivity index (χ2n) is 5.20. The molecule has 6 heteroatoms. The Morgan fingerprint density at radius 1 is 1.47 bits per heavy atom. The number of hydrogen-bond donors (Lipinski definition) is 3. The van der Waals surface area contributed by atoms with Gasteiger partial charge in [0.15, 0.2) is 5.84 Å². The first-order chi connectivity index (χ1) is 9.00. The molecule has 0 aromatic heterocycles. The molecule has 0 aliphatic heterocycles. The van der Waals surface area contributed by atoms with E-state index >= 15 is 0 Å². The summed E-state index contributed by atoms with van der Waals surface area (Å²) in [4.78, 5) is 12.4. The number of nitrogens with one attached hydrogen (secondary N) is 1. The molecule has 0 heterocycles. The van der Waals surface area contributed by atoms with Crippen molar-refractivity contribution in [3.8, 4) is 0 Å². The number of carbonyl (C=O) groups is 1. The van der Waals surface area contributed by atoms with Gasteiger partial charge in [-0.3, -0.25) is 4.79 Å². The van der Waals surface area contributed by atoms with E-state index in [4.69, 9.17) is 10.9 Å². The highest BCUT2D eigenvalue weighted by atomic mass is 32.2. The highest BCUT2D eigenvalue weighted by Gasteiger charge is 2.42. The van der Waals surface area contributed by atoms with E-state index in [1.54, 1.807) is 0 Å². The van der Waals surface area contributed by atoms with E-state index in [-0.39, 0.29) is 16.5 Å². The summed E-state index contributed by atoms with van der Waals surface area (Å²) in [7, 11) is 0. The lowest BCUT2D eigenvalue weighted by Gasteiger charge is -2.41. The molecule has 0 unspecified atom stereocenters. The van der Waals surface area contributed by atoms with Crippen LogP contribution < -0.4 is 11.1 Å². The summed E-state index contributed by atoms with van der Waals surface area (Å²) in [6.45, 7) is 4.43. The Morgan fingerprint density at radius 2 is 2.05 bits per heavy atom. The summed E-state index contributed by atoms with van der Waals surface area (Å²) >= 11 is 1.82. The Morgan fingerprint density at radius 3 is 2.37 bits per heavy atom. The summed E-state index contributed by atoms with van der Waals surface area (Å²) in [5.41, 5.74) is 4.84. The summed E-state index contributed by atoms with van der Waals surface area (Å²) in [5.74, 6) is -0.130. The number of rotatable bonds is 7. The predicted molar refractivity (Wildman–Crippen MR) is 79.5 cm³/mol. The van der Waals surface area contributed by atoms with Crippen molar-refractivity contribution < 1.29 is 10.0 Å². The third-order valence-electron chi connectivity index (χ3n) is 4.51. The Hall–Kier alpha value is -0.910. The number of amidine groups is 1. The Labute approximate surface area is 119 Å². The van der Waals surface area contributed by atoms with Crippen molar-refractivity contribution in [2.75, 3.05) is 12.8 Å². The molecular weight excluding hydrogens is 262 g/mol. The van der Waals surface area contributed by atoms with Gasteiger partial charge in [-0.05, 0) is 31.9 Å². The maximum atomic E-state index is 12.4. The van der Waals surface area contributed by atoms with Crippen molar-refractivity contribution in [1.82, 2.24) is 5.32 Å². The third-order valence-corrected chi connectivity index (χ3v) is 5.93. The zero-order chi connectivity index (χ0) is 14.5. The molecule has 19 heavy (non-hydrogen) atoms. The summed E-state index contributed by atoms with van der Waals surface area (Å²) < 4.78 is 0.188. The van der Waals surface area contributed by atoms with Crippen LogP contribution in [-0.4, -0.2) is 34.5 Å². The maximum Gasteiger partial charge on any atom is 0.233 e. The standard InChI is InChI=1S/C13H25N3O2S/c1-4-13(5-2,10(14)16-18)11(17)15-9-12(19-3)7-6-8-12/h18H,4-9H2,1-3H3,(H2,14,16)(H,15,17). The van der Waals surface area contributed by atoms with Crippen LogP contribution in [-0.2, 0) is 4.79 Å². The number of amides is 1. The average Bonchev–Trinajstić information content (AvgIpc) is 2.39. The molecule has 0 spiro atoms. The second kappa shape index (κ2) is 6.50.